The summed E-state index contributed by atoms with van der Waals surface area (Å²) < 4.78 is 38.9. The van der Waals surface area contributed by atoms with Crippen LogP contribution in [0.3, 0.4) is 0 Å². The van der Waals surface area contributed by atoms with Gasteiger partial charge in [0, 0.05) is 22.7 Å². The maximum Gasteiger partial charge on any atom is 0.416 e. The predicted molar refractivity (Wildman–Crippen MR) is 75.7 cm³/mol. The lowest BCUT2D eigenvalue weighted by molar-refractivity contribution is -0.137. The lowest BCUT2D eigenvalue weighted by Gasteiger charge is -2.45. The molecule has 1 aromatic rings. The van der Waals surface area contributed by atoms with Gasteiger partial charge in [0.1, 0.15) is 0 Å². The van der Waals surface area contributed by atoms with E-state index in [4.69, 9.17) is 0 Å². The molecule has 0 aromatic heterocycles. The van der Waals surface area contributed by atoms with Crippen LogP contribution >= 0.6 is 15.9 Å². The minimum Gasteiger partial charge on any atom is -0.381 e. The molecule has 2 bridgehead atoms. The van der Waals surface area contributed by atoms with Gasteiger partial charge in [-0.25, -0.2) is 0 Å². The Labute approximate surface area is 124 Å². The van der Waals surface area contributed by atoms with Crippen molar-refractivity contribution in [1.29, 1.82) is 0 Å². The van der Waals surface area contributed by atoms with Gasteiger partial charge in [-0.05, 0) is 50.0 Å². The van der Waals surface area contributed by atoms with Crippen LogP contribution in [0.5, 0.6) is 0 Å². The van der Waals surface area contributed by atoms with Crippen LogP contribution in [-0.4, -0.2) is 30.6 Å². The summed E-state index contributed by atoms with van der Waals surface area (Å²) in [7, 11) is 0. The number of nitrogens with zero attached hydrogens (tertiary/aromatic N) is 1. The Bertz CT molecular complexity index is 496. The summed E-state index contributed by atoms with van der Waals surface area (Å²) in [6, 6.07) is 4.28. The molecule has 3 aliphatic heterocycles. The highest BCUT2D eigenvalue weighted by Gasteiger charge is 2.35. The van der Waals surface area contributed by atoms with Crippen LogP contribution in [0.25, 0.3) is 0 Å². The summed E-state index contributed by atoms with van der Waals surface area (Å²) in [5.74, 6) is 0.577. The number of hydrogen-bond donors (Lipinski definition) is 1. The van der Waals surface area contributed by atoms with E-state index in [9.17, 15) is 13.2 Å². The topological polar surface area (TPSA) is 15.3 Å². The second-order valence-electron chi connectivity index (χ2n) is 5.62. The summed E-state index contributed by atoms with van der Waals surface area (Å²) in [5, 5.41) is 3.29. The van der Waals surface area contributed by atoms with Crippen molar-refractivity contribution < 1.29 is 13.2 Å². The molecule has 1 aromatic carbocycles. The third-order valence-electron chi connectivity index (χ3n) is 4.23. The van der Waals surface area contributed by atoms with Crippen LogP contribution in [0.1, 0.15) is 18.4 Å². The third kappa shape index (κ3) is 2.96. The second kappa shape index (κ2) is 5.22. The molecule has 2 nitrogen and oxygen atoms in total. The first-order valence-corrected chi connectivity index (χ1v) is 7.58. The minimum absolute atomic E-state index is 0.257. The van der Waals surface area contributed by atoms with E-state index in [1.54, 1.807) is 6.07 Å². The highest BCUT2D eigenvalue weighted by Crippen LogP contribution is 2.35. The Morgan fingerprint density at radius 2 is 1.85 bits per heavy atom. The monoisotopic (exact) mass is 348 g/mol. The largest absolute Gasteiger partial charge is 0.416 e. The Morgan fingerprint density at radius 1 is 1.15 bits per heavy atom. The molecule has 20 heavy (non-hydrogen) atoms. The zero-order valence-corrected chi connectivity index (χ0v) is 12.5. The van der Waals surface area contributed by atoms with Crippen molar-refractivity contribution in [2.75, 3.05) is 25.0 Å². The average molecular weight is 349 g/mol. The summed E-state index contributed by atoms with van der Waals surface area (Å²) in [5.41, 5.74) is -0.0684. The molecule has 3 fully saturated rings. The lowest BCUT2D eigenvalue weighted by Crippen LogP contribution is -2.53. The van der Waals surface area contributed by atoms with Crippen molar-refractivity contribution in [2.45, 2.75) is 25.1 Å². The molecule has 4 rings (SSSR count). The average Bonchev–Trinajstić information content (AvgIpc) is 2.38. The van der Waals surface area contributed by atoms with E-state index in [-0.39, 0.29) is 6.04 Å². The highest BCUT2D eigenvalue weighted by molar-refractivity contribution is 9.10. The number of fused-ring (bicyclic) bond motifs is 3. The van der Waals surface area contributed by atoms with E-state index in [2.05, 4.69) is 26.1 Å². The minimum atomic E-state index is -4.31. The fourth-order valence-corrected chi connectivity index (χ4v) is 3.67. The quantitative estimate of drug-likeness (QED) is 0.869. The number of hydrogen-bond acceptors (Lipinski definition) is 2. The molecule has 0 radical (unpaired) electrons. The highest BCUT2D eigenvalue weighted by atomic mass is 79.9. The van der Waals surface area contributed by atoms with Crippen LogP contribution in [0.4, 0.5) is 18.9 Å². The van der Waals surface area contributed by atoms with Gasteiger partial charge in [-0.15, -0.1) is 0 Å². The van der Waals surface area contributed by atoms with Crippen LogP contribution in [0.2, 0.25) is 0 Å². The Hall–Kier alpha value is -0.750. The Morgan fingerprint density at radius 3 is 2.40 bits per heavy atom. The zero-order valence-electron chi connectivity index (χ0n) is 10.9. The number of anilines is 1. The first-order chi connectivity index (χ1) is 9.41. The van der Waals surface area contributed by atoms with E-state index in [0.29, 0.717) is 16.1 Å². The maximum absolute atomic E-state index is 12.8. The molecule has 0 spiro atoms. The van der Waals surface area contributed by atoms with Crippen LogP contribution in [-0.2, 0) is 6.18 Å². The third-order valence-corrected chi connectivity index (χ3v) is 4.69. The van der Waals surface area contributed by atoms with Crippen molar-refractivity contribution in [3.05, 3.63) is 28.2 Å². The number of piperidine rings is 3. The first-order valence-electron chi connectivity index (χ1n) is 6.78. The van der Waals surface area contributed by atoms with E-state index in [1.807, 2.05) is 0 Å². The molecule has 3 heterocycles. The van der Waals surface area contributed by atoms with Gasteiger partial charge in [-0.2, -0.15) is 13.2 Å². The number of halogens is 4. The molecule has 3 saturated heterocycles. The fourth-order valence-electron chi connectivity index (χ4n) is 3.18. The number of rotatable bonds is 2. The molecule has 3 aliphatic rings. The molecule has 1 N–H and O–H groups in total. The molecule has 0 amide bonds. The van der Waals surface area contributed by atoms with E-state index >= 15 is 0 Å². The molecule has 0 saturated carbocycles. The SMILES string of the molecule is FC(F)(F)c1cc(Br)cc(NC2CN3CCC2CC3)c1. The molecule has 1 unspecified atom stereocenters. The van der Waals surface area contributed by atoms with Crippen molar-refractivity contribution in [2.24, 2.45) is 5.92 Å². The van der Waals surface area contributed by atoms with Gasteiger partial charge in [-0.3, -0.25) is 0 Å². The van der Waals surface area contributed by atoms with Crippen LogP contribution < -0.4 is 5.32 Å². The summed E-state index contributed by atoms with van der Waals surface area (Å²) in [4.78, 5) is 2.38. The van der Waals surface area contributed by atoms with Gasteiger partial charge in [-0.1, -0.05) is 15.9 Å². The van der Waals surface area contributed by atoms with E-state index < -0.39 is 11.7 Å². The number of nitrogens with one attached hydrogen (secondary N) is 1. The van der Waals surface area contributed by atoms with Gasteiger partial charge in [0.15, 0.2) is 0 Å². The Kier molecular flexibility index (Phi) is 3.71. The number of benzene rings is 1. The smallest absolute Gasteiger partial charge is 0.381 e. The van der Waals surface area contributed by atoms with Gasteiger partial charge in [0.05, 0.1) is 5.56 Å². The van der Waals surface area contributed by atoms with Gasteiger partial charge >= 0.3 is 6.18 Å². The van der Waals surface area contributed by atoms with Gasteiger partial charge < -0.3 is 10.2 Å². The molecule has 6 heteroatoms. The normalized spacial score (nSPS) is 29.5. The van der Waals surface area contributed by atoms with Crippen molar-refractivity contribution in [1.82, 2.24) is 4.90 Å². The zero-order chi connectivity index (χ0) is 14.3. The van der Waals surface area contributed by atoms with Gasteiger partial charge in [0.25, 0.3) is 0 Å². The van der Waals surface area contributed by atoms with Crippen LogP contribution in [0, 0.1) is 5.92 Å². The molecule has 1 atom stereocenters. The van der Waals surface area contributed by atoms with Gasteiger partial charge in [0.2, 0.25) is 0 Å². The summed E-state index contributed by atoms with van der Waals surface area (Å²) >= 11 is 3.16. The fraction of sp³-hybridized carbons (Fsp3) is 0.571. The second-order valence-corrected chi connectivity index (χ2v) is 6.53. The maximum atomic E-state index is 12.8. The van der Waals surface area contributed by atoms with E-state index in [0.717, 1.165) is 38.5 Å². The lowest BCUT2D eigenvalue weighted by atomic mass is 9.84. The molecule has 0 aliphatic carbocycles. The summed E-state index contributed by atoms with van der Waals surface area (Å²) in [6.45, 7) is 3.17. The summed E-state index contributed by atoms with van der Waals surface area (Å²) in [6.07, 6.45) is -2.04. The van der Waals surface area contributed by atoms with Crippen molar-refractivity contribution >= 4 is 21.6 Å². The molecule has 110 valence electrons. The van der Waals surface area contributed by atoms with Crippen LogP contribution in [0.15, 0.2) is 22.7 Å². The predicted octanol–water partition coefficient (Wildman–Crippen LogP) is 3.97. The first kappa shape index (κ1) is 14.2. The van der Waals surface area contributed by atoms with E-state index in [1.165, 1.54) is 6.07 Å². The van der Waals surface area contributed by atoms with Crippen molar-refractivity contribution in [3.8, 4) is 0 Å². The molecular weight excluding hydrogens is 333 g/mol. The Balaban J connectivity index is 1.79. The standard InChI is InChI=1S/C14H16BrF3N2/c15-11-5-10(14(16,17)18)6-12(7-11)19-13-8-20-3-1-9(13)2-4-20/h5-7,9,13,19H,1-4,8H2. The van der Waals surface area contributed by atoms with Crippen molar-refractivity contribution in [3.63, 3.8) is 0 Å². The number of alkyl halides is 3. The molecular formula is C14H16BrF3N2.